The normalized spacial score (nSPS) is 35.0. The topological polar surface area (TPSA) is 46.2 Å². The number of rotatable bonds is 1. The molecule has 0 aromatic heterocycles. The fourth-order valence-corrected chi connectivity index (χ4v) is 2.43. The van der Waals surface area contributed by atoms with Gasteiger partial charge in [-0.1, -0.05) is 23.7 Å². The summed E-state index contributed by atoms with van der Waals surface area (Å²) in [5.74, 6) is 0. The Hall–Kier alpha value is -0.570. The first-order valence-electron chi connectivity index (χ1n) is 5.69. The number of aliphatic hydroxyl groups is 1. The van der Waals surface area contributed by atoms with Crippen molar-refractivity contribution in [3.63, 3.8) is 0 Å². The van der Waals surface area contributed by atoms with E-state index < -0.39 is 5.60 Å². The van der Waals surface area contributed by atoms with Gasteiger partial charge in [0.15, 0.2) is 0 Å². The minimum atomic E-state index is -0.546. The Balaban J connectivity index is 2.18. The van der Waals surface area contributed by atoms with Crippen LogP contribution in [0.1, 0.15) is 38.2 Å². The van der Waals surface area contributed by atoms with Gasteiger partial charge in [-0.15, -0.1) is 0 Å². The number of nitrogens with two attached hydrogens (primary N) is 1. The molecule has 0 aliphatic heterocycles. The first-order chi connectivity index (χ1) is 7.41. The first kappa shape index (κ1) is 11.9. The molecule has 3 N–H and O–H groups in total. The van der Waals surface area contributed by atoms with Crippen LogP contribution in [-0.4, -0.2) is 10.7 Å². The van der Waals surface area contributed by atoms with Gasteiger partial charge < -0.3 is 10.8 Å². The predicted molar refractivity (Wildman–Crippen MR) is 66.4 cm³/mol. The molecular weight excluding hydrogens is 222 g/mol. The molecular formula is C13H18ClNO. The second-order valence-electron chi connectivity index (χ2n) is 5.16. The molecule has 0 saturated heterocycles. The average molecular weight is 240 g/mol. The molecule has 1 aliphatic carbocycles. The van der Waals surface area contributed by atoms with Gasteiger partial charge in [-0.25, -0.2) is 0 Å². The molecule has 16 heavy (non-hydrogen) atoms. The minimum Gasteiger partial charge on any atom is -0.390 e. The molecule has 2 rings (SSSR count). The van der Waals surface area contributed by atoms with Crippen molar-refractivity contribution in [2.45, 2.75) is 43.7 Å². The van der Waals surface area contributed by atoms with Gasteiger partial charge in [0.05, 0.1) is 5.60 Å². The molecule has 0 spiro atoms. The van der Waals surface area contributed by atoms with Crippen LogP contribution in [0.3, 0.4) is 0 Å². The van der Waals surface area contributed by atoms with Crippen LogP contribution in [0.25, 0.3) is 0 Å². The van der Waals surface area contributed by atoms with Crippen molar-refractivity contribution in [2.75, 3.05) is 0 Å². The predicted octanol–water partition coefficient (Wildman–Crippen LogP) is 2.82. The largest absolute Gasteiger partial charge is 0.390 e. The van der Waals surface area contributed by atoms with Crippen LogP contribution in [0, 0.1) is 0 Å². The summed E-state index contributed by atoms with van der Waals surface area (Å²) >= 11 is 5.86. The third kappa shape index (κ3) is 2.40. The third-order valence-electron chi connectivity index (χ3n) is 3.64. The summed E-state index contributed by atoms with van der Waals surface area (Å²) in [6, 6.07) is 7.72. The third-order valence-corrected chi connectivity index (χ3v) is 3.89. The van der Waals surface area contributed by atoms with Crippen LogP contribution in [0.5, 0.6) is 0 Å². The summed E-state index contributed by atoms with van der Waals surface area (Å²) in [6.07, 6.45) is 3.15. The molecule has 2 nitrogen and oxygen atoms in total. The van der Waals surface area contributed by atoms with Gasteiger partial charge in [0, 0.05) is 10.6 Å². The van der Waals surface area contributed by atoms with E-state index in [4.69, 9.17) is 17.3 Å². The highest BCUT2D eigenvalue weighted by Gasteiger charge is 2.37. The van der Waals surface area contributed by atoms with E-state index in [0.717, 1.165) is 36.3 Å². The molecule has 0 amide bonds. The van der Waals surface area contributed by atoms with E-state index in [1.54, 1.807) is 0 Å². The molecule has 1 aromatic rings. The summed E-state index contributed by atoms with van der Waals surface area (Å²) in [5, 5.41) is 10.7. The van der Waals surface area contributed by atoms with Crippen molar-refractivity contribution >= 4 is 11.6 Å². The second-order valence-corrected chi connectivity index (χ2v) is 5.60. The smallest absolute Gasteiger partial charge is 0.0621 e. The molecule has 0 radical (unpaired) electrons. The zero-order chi connectivity index (χ0) is 11.8. The van der Waals surface area contributed by atoms with Gasteiger partial charge in [0.25, 0.3) is 0 Å². The molecule has 1 aliphatic rings. The van der Waals surface area contributed by atoms with Gasteiger partial charge in [0.2, 0.25) is 0 Å². The highest BCUT2D eigenvalue weighted by molar-refractivity contribution is 6.30. The molecule has 1 fully saturated rings. The number of benzene rings is 1. The molecule has 0 heterocycles. The molecule has 3 heteroatoms. The highest BCUT2D eigenvalue weighted by atomic mass is 35.5. The standard InChI is InChI=1S/C13H18ClNO/c1-12(16)6-8-13(15,9-7-12)10-2-4-11(14)5-3-10/h2-5,16H,6-9,15H2,1H3. The molecule has 0 unspecified atom stereocenters. The number of hydrogen-bond donors (Lipinski definition) is 2. The van der Waals surface area contributed by atoms with Gasteiger partial charge in [0.1, 0.15) is 0 Å². The van der Waals surface area contributed by atoms with Crippen molar-refractivity contribution in [3.8, 4) is 0 Å². The van der Waals surface area contributed by atoms with Crippen molar-refractivity contribution in [1.82, 2.24) is 0 Å². The van der Waals surface area contributed by atoms with E-state index in [0.29, 0.717) is 0 Å². The monoisotopic (exact) mass is 239 g/mol. The minimum absolute atomic E-state index is 0.299. The van der Waals surface area contributed by atoms with Crippen molar-refractivity contribution in [3.05, 3.63) is 34.9 Å². The maximum atomic E-state index is 9.92. The van der Waals surface area contributed by atoms with Crippen molar-refractivity contribution < 1.29 is 5.11 Å². The molecule has 0 atom stereocenters. The SMILES string of the molecule is CC1(O)CCC(N)(c2ccc(Cl)cc2)CC1. The lowest BCUT2D eigenvalue weighted by molar-refractivity contribution is 0.000908. The Bertz CT molecular complexity index is 362. The van der Waals surface area contributed by atoms with Gasteiger partial charge in [-0.05, 0) is 50.3 Å². The molecule has 0 bridgehead atoms. The lowest BCUT2D eigenvalue weighted by Gasteiger charge is -2.40. The van der Waals surface area contributed by atoms with Crippen LogP contribution in [0.15, 0.2) is 24.3 Å². The lowest BCUT2D eigenvalue weighted by atomic mass is 9.72. The summed E-state index contributed by atoms with van der Waals surface area (Å²) in [4.78, 5) is 0. The second kappa shape index (κ2) is 4.02. The van der Waals surface area contributed by atoms with Crippen LogP contribution < -0.4 is 5.73 Å². The van der Waals surface area contributed by atoms with Crippen LogP contribution in [0.2, 0.25) is 5.02 Å². The summed E-state index contributed by atoms with van der Waals surface area (Å²) < 4.78 is 0. The van der Waals surface area contributed by atoms with Crippen molar-refractivity contribution in [2.24, 2.45) is 5.73 Å². The van der Waals surface area contributed by atoms with E-state index in [2.05, 4.69) is 0 Å². The van der Waals surface area contributed by atoms with E-state index in [9.17, 15) is 5.11 Å². The van der Waals surface area contributed by atoms with Gasteiger partial charge >= 0.3 is 0 Å². The maximum absolute atomic E-state index is 9.92. The maximum Gasteiger partial charge on any atom is 0.0621 e. The molecule has 88 valence electrons. The summed E-state index contributed by atoms with van der Waals surface area (Å²) in [7, 11) is 0. The Morgan fingerprint density at radius 3 is 2.12 bits per heavy atom. The Morgan fingerprint density at radius 1 is 1.12 bits per heavy atom. The summed E-state index contributed by atoms with van der Waals surface area (Å²) in [5.41, 5.74) is 6.67. The summed E-state index contributed by atoms with van der Waals surface area (Å²) in [6.45, 7) is 1.88. The van der Waals surface area contributed by atoms with Gasteiger partial charge in [-0.3, -0.25) is 0 Å². The van der Waals surface area contributed by atoms with E-state index in [1.807, 2.05) is 31.2 Å². The fraction of sp³-hybridized carbons (Fsp3) is 0.538. The van der Waals surface area contributed by atoms with E-state index in [-0.39, 0.29) is 5.54 Å². The zero-order valence-electron chi connectivity index (χ0n) is 9.54. The van der Waals surface area contributed by atoms with Crippen LogP contribution in [0.4, 0.5) is 0 Å². The Morgan fingerprint density at radius 2 is 1.62 bits per heavy atom. The molecule has 1 saturated carbocycles. The van der Waals surface area contributed by atoms with E-state index >= 15 is 0 Å². The first-order valence-corrected chi connectivity index (χ1v) is 6.06. The van der Waals surface area contributed by atoms with Crippen molar-refractivity contribution in [1.29, 1.82) is 0 Å². The number of hydrogen-bond acceptors (Lipinski definition) is 2. The Kier molecular flexibility index (Phi) is 2.99. The van der Waals surface area contributed by atoms with Crippen LogP contribution >= 0.6 is 11.6 Å². The van der Waals surface area contributed by atoms with Gasteiger partial charge in [-0.2, -0.15) is 0 Å². The van der Waals surface area contributed by atoms with Crippen LogP contribution in [-0.2, 0) is 5.54 Å². The number of halogens is 1. The molecule has 1 aromatic carbocycles. The quantitative estimate of drug-likeness (QED) is 0.792. The zero-order valence-corrected chi connectivity index (χ0v) is 10.3. The van der Waals surface area contributed by atoms with E-state index in [1.165, 1.54) is 0 Å². The fourth-order valence-electron chi connectivity index (χ4n) is 2.31. The average Bonchev–Trinajstić information content (AvgIpc) is 2.24. The highest BCUT2D eigenvalue weighted by Crippen LogP contribution is 2.39. The Labute approximate surface area is 101 Å². The lowest BCUT2D eigenvalue weighted by Crippen LogP contribution is -2.45.